The highest BCUT2D eigenvalue weighted by atomic mass is 16.7. The molecule has 1 fully saturated rings. The van der Waals surface area contributed by atoms with Gasteiger partial charge in [-0.05, 0) is 44.9 Å². The number of esters is 3. The lowest BCUT2D eigenvalue weighted by molar-refractivity contribution is -0.301. The Hall–Kier alpha value is -3.58. The standard InChI is InChI=1S/C63H108O12/c1-4-7-10-13-16-19-22-25-28-31-34-37-40-43-46-49-55(64)71-52-54(73-56(65)50-47-44-41-38-35-32-29-26-23-20-17-14-11-8-5-2)53-72-63-61(59(68)58(67)60(75-63)62(69)70)74-57(66)51-48-45-42-39-36-33-30-27-24-21-18-15-12-9-6-3/h9,12,18,21,27,30,36,39,45,48,54,58-61,63,67-68H,4-8,10-11,13-17,19-20,22-26,28-29,31-35,37-38,40-44,46-47,49-53H2,1-3H3,(H,69,70)/b12-9-,21-18-,30-27-,39-36-,48-45-. The molecule has 12 nitrogen and oxygen atoms in total. The first-order valence-electron chi connectivity index (χ1n) is 30.3. The Labute approximate surface area is 456 Å². The molecule has 0 saturated carbocycles. The maximum atomic E-state index is 13.2. The number of carbonyl (C=O) groups is 4. The van der Waals surface area contributed by atoms with Crippen molar-refractivity contribution in [2.45, 2.75) is 302 Å². The highest BCUT2D eigenvalue weighted by molar-refractivity contribution is 5.74. The normalized spacial score (nSPS) is 18.5. The van der Waals surface area contributed by atoms with Crippen molar-refractivity contribution in [2.75, 3.05) is 13.2 Å². The van der Waals surface area contributed by atoms with Crippen molar-refractivity contribution in [3.05, 3.63) is 60.8 Å². The van der Waals surface area contributed by atoms with Crippen molar-refractivity contribution in [3.63, 3.8) is 0 Å². The van der Waals surface area contributed by atoms with Crippen LogP contribution in [0.3, 0.4) is 0 Å². The number of carbonyl (C=O) groups excluding carboxylic acids is 3. The van der Waals surface area contributed by atoms with Crippen molar-refractivity contribution >= 4 is 23.9 Å². The fraction of sp³-hybridized carbons (Fsp3) is 0.778. The van der Waals surface area contributed by atoms with Gasteiger partial charge in [0.1, 0.15) is 18.8 Å². The molecule has 6 unspecified atom stereocenters. The van der Waals surface area contributed by atoms with Gasteiger partial charge in [0, 0.05) is 12.8 Å². The topological polar surface area (TPSA) is 175 Å². The van der Waals surface area contributed by atoms with Crippen LogP contribution >= 0.6 is 0 Å². The molecule has 12 heteroatoms. The molecule has 0 spiro atoms. The molecule has 0 aromatic heterocycles. The van der Waals surface area contributed by atoms with E-state index in [4.69, 9.17) is 23.7 Å². The number of aliphatic hydroxyl groups excluding tert-OH is 2. The van der Waals surface area contributed by atoms with Crippen LogP contribution in [0.5, 0.6) is 0 Å². The Morgan fingerprint density at radius 2 is 0.827 bits per heavy atom. The summed E-state index contributed by atoms with van der Waals surface area (Å²) >= 11 is 0. The highest BCUT2D eigenvalue weighted by Gasteiger charge is 2.50. The molecule has 1 rings (SSSR count). The Bertz CT molecular complexity index is 1540. The fourth-order valence-corrected chi connectivity index (χ4v) is 9.03. The van der Waals surface area contributed by atoms with Crippen molar-refractivity contribution in [2.24, 2.45) is 0 Å². The van der Waals surface area contributed by atoms with E-state index >= 15 is 0 Å². The summed E-state index contributed by atoms with van der Waals surface area (Å²) in [5.74, 6) is -3.26. The van der Waals surface area contributed by atoms with E-state index < -0.39 is 67.3 Å². The number of allylic oxidation sites excluding steroid dienone is 9. The van der Waals surface area contributed by atoms with Gasteiger partial charge in [-0.3, -0.25) is 14.4 Å². The number of hydrogen-bond donors (Lipinski definition) is 3. The summed E-state index contributed by atoms with van der Waals surface area (Å²) in [6.45, 7) is 5.86. The number of hydrogen-bond acceptors (Lipinski definition) is 11. The summed E-state index contributed by atoms with van der Waals surface area (Å²) in [5, 5.41) is 31.4. The monoisotopic (exact) mass is 1060 g/mol. The van der Waals surface area contributed by atoms with Gasteiger partial charge in [-0.1, -0.05) is 261 Å². The zero-order valence-corrected chi connectivity index (χ0v) is 47.5. The van der Waals surface area contributed by atoms with Crippen LogP contribution in [0.25, 0.3) is 0 Å². The van der Waals surface area contributed by atoms with Crippen molar-refractivity contribution in [1.82, 2.24) is 0 Å². The molecule has 0 amide bonds. The lowest BCUT2D eigenvalue weighted by Crippen LogP contribution is -2.61. The molecule has 75 heavy (non-hydrogen) atoms. The van der Waals surface area contributed by atoms with Crippen LogP contribution in [0, 0.1) is 0 Å². The van der Waals surface area contributed by atoms with E-state index in [9.17, 15) is 34.5 Å². The second kappa shape index (κ2) is 51.2. The van der Waals surface area contributed by atoms with Crippen LogP contribution in [0.1, 0.15) is 265 Å². The summed E-state index contributed by atoms with van der Waals surface area (Å²) in [7, 11) is 0. The Kier molecular flexibility index (Phi) is 47.4. The first kappa shape index (κ1) is 69.4. The maximum absolute atomic E-state index is 13.2. The SMILES string of the molecule is CC/C=C\C/C=C\C/C=C\C/C=C\C/C=C\CC(=O)OC1C(OCC(COC(=O)CCCCCCCCCCCCCCCCC)OC(=O)CCCCCCCCCCCCCCCCC)OC(C(=O)O)C(O)C1O. The number of aliphatic hydroxyl groups is 2. The van der Waals surface area contributed by atoms with Crippen molar-refractivity contribution < 1.29 is 58.2 Å². The zero-order chi connectivity index (χ0) is 54.7. The molecule has 6 atom stereocenters. The van der Waals surface area contributed by atoms with Crippen LogP contribution in [0.4, 0.5) is 0 Å². The lowest BCUT2D eigenvalue weighted by Gasteiger charge is -2.40. The van der Waals surface area contributed by atoms with Crippen molar-refractivity contribution in [1.29, 1.82) is 0 Å². The first-order valence-corrected chi connectivity index (χ1v) is 30.3. The second-order valence-electron chi connectivity index (χ2n) is 20.6. The summed E-state index contributed by atoms with van der Waals surface area (Å²) in [5.41, 5.74) is 0. The van der Waals surface area contributed by atoms with Gasteiger partial charge in [0.15, 0.2) is 24.6 Å². The summed E-state index contributed by atoms with van der Waals surface area (Å²) in [4.78, 5) is 51.1. The third kappa shape index (κ3) is 41.2. The van der Waals surface area contributed by atoms with Gasteiger partial charge in [0.2, 0.25) is 0 Å². The molecule has 1 heterocycles. The van der Waals surface area contributed by atoms with Crippen LogP contribution in [-0.4, -0.2) is 89.2 Å². The van der Waals surface area contributed by atoms with E-state index in [0.29, 0.717) is 19.3 Å². The minimum Gasteiger partial charge on any atom is -0.479 e. The third-order valence-electron chi connectivity index (χ3n) is 13.6. The Balaban J connectivity index is 2.73. The van der Waals surface area contributed by atoms with Gasteiger partial charge in [0.25, 0.3) is 0 Å². The molecular formula is C63H108O12. The van der Waals surface area contributed by atoms with Gasteiger partial charge in [-0.15, -0.1) is 0 Å². The minimum atomic E-state index is -1.93. The van der Waals surface area contributed by atoms with Gasteiger partial charge >= 0.3 is 23.9 Å². The molecule has 0 aromatic carbocycles. The lowest BCUT2D eigenvalue weighted by atomic mass is 9.98. The molecule has 1 aliphatic rings. The summed E-state index contributed by atoms with van der Waals surface area (Å²) < 4.78 is 28.3. The highest BCUT2D eigenvalue weighted by Crippen LogP contribution is 2.26. The van der Waals surface area contributed by atoms with Crippen molar-refractivity contribution in [3.8, 4) is 0 Å². The van der Waals surface area contributed by atoms with Crippen LogP contribution < -0.4 is 0 Å². The number of unbranched alkanes of at least 4 members (excludes halogenated alkanes) is 28. The average molecular weight is 1060 g/mol. The Morgan fingerprint density at radius 3 is 1.23 bits per heavy atom. The smallest absolute Gasteiger partial charge is 0.335 e. The predicted molar refractivity (Wildman–Crippen MR) is 303 cm³/mol. The number of aliphatic carboxylic acids is 1. The van der Waals surface area contributed by atoms with Crippen LogP contribution in [-0.2, 0) is 42.9 Å². The van der Waals surface area contributed by atoms with E-state index in [2.05, 4.69) is 57.2 Å². The van der Waals surface area contributed by atoms with Crippen LogP contribution in [0.15, 0.2) is 60.8 Å². The molecule has 0 aromatic rings. The number of ether oxygens (including phenoxy) is 5. The molecule has 432 valence electrons. The van der Waals surface area contributed by atoms with Gasteiger partial charge in [0.05, 0.1) is 13.0 Å². The Morgan fingerprint density at radius 1 is 0.453 bits per heavy atom. The molecule has 1 saturated heterocycles. The fourth-order valence-electron chi connectivity index (χ4n) is 9.03. The molecule has 1 aliphatic heterocycles. The van der Waals surface area contributed by atoms with Crippen LogP contribution in [0.2, 0.25) is 0 Å². The third-order valence-corrected chi connectivity index (χ3v) is 13.6. The summed E-state index contributed by atoms with van der Waals surface area (Å²) in [6, 6.07) is 0. The quantitative estimate of drug-likeness (QED) is 0.0228. The summed E-state index contributed by atoms with van der Waals surface area (Å²) in [6.07, 6.45) is 50.7. The number of rotatable bonds is 51. The van der Waals surface area contributed by atoms with Gasteiger partial charge < -0.3 is 39.0 Å². The van der Waals surface area contributed by atoms with Gasteiger partial charge in [-0.25, -0.2) is 4.79 Å². The average Bonchev–Trinajstić information content (AvgIpc) is 3.39. The maximum Gasteiger partial charge on any atom is 0.335 e. The molecule has 3 N–H and O–H groups in total. The predicted octanol–water partition coefficient (Wildman–Crippen LogP) is 15.6. The van der Waals surface area contributed by atoms with E-state index in [0.717, 1.165) is 64.2 Å². The van der Waals surface area contributed by atoms with E-state index in [-0.39, 0.29) is 25.9 Å². The zero-order valence-electron chi connectivity index (χ0n) is 47.5. The molecular weight excluding hydrogens is 949 g/mol. The first-order chi connectivity index (χ1) is 36.6. The number of carboxylic acids is 1. The number of carboxylic acid groups (broad SMARTS) is 1. The van der Waals surface area contributed by atoms with E-state index in [1.54, 1.807) is 12.2 Å². The second-order valence-corrected chi connectivity index (χ2v) is 20.6. The largest absolute Gasteiger partial charge is 0.479 e. The molecule has 0 aliphatic carbocycles. The minimum absolute atomic E-state index is 0.157. The van der Waals surface area contributed by atoms with E-state index in [1.807, 2.05) is 12.2 Å². The molecule has 0 radical (unpaired) electrons. The van der Waals surface area contributed by atoms with E-state index in [1.165, 1.54) is 141 Å². The van der Waals surface area contributed by atoms with Gasteiger partial charge in [-0.2, -0.15) is 0 Å². The molecule has 0 bridgehead atoms.